The van der Waals surface area contributed by atoms with Crippen molar-refractivity contribution in [2.45, 2.75) is 39.2 Å². The number of aromatic nitrogens is 1. The van der Waals surface area contributed by atoms with Gasteiger partial charge in [-0.25, -0.2) is 9.37 Å². The molecule has 1 fully saturated rings. The maximum absolute atomic E-state index is 13.8. The van der Waals surface area contributed by atoms with Crippen LogP contribution in [0.2, 0.25) is 5.02 Å². The zero-order valence-corrected chi connectivity index (χ0v) is 17.6. The SMILES string of the molecule is CC(C)(C)NC(=O)CN1CCC(CNc2nccc3c(Cl)cc(F)cc23)CC1=O. The molecule has 156 valence electrons. The highest BCUT2D eigenvalue weighted by Gasteiger charge is 2.28. The molecule has 1 aliphatic rings. The number of hydrogen-bond acceptors (Lipinski definition) is 4. The number of hydrogen-bond donors (Lipinski definition) is 2. The molecule has 0 spiro atoms. The van der Waals surface area contributed by atoms with E-state index in [2.05, 4.69) is 15.6 Å². The van der Waals surface area contributed by atoms with E-state index in [1.165, 1.54) is 12.1 Å². The number of rotatable bonds is 5. The van der Waals surface area contributed by atoms with E-state index in [1.807, 2.05) is 20.8 Å². The van der Waals surface area contributed by atoms with Gasteiger partial charge in [0.2, 0.25) is 11.8 Å². The van der Waals surface area contributed by atoms with Gasteiger partial charge in [-0.3, -0.25) is 9.59 Å². The summed E-state index contributed by atoms with van der Waals surface area (Å²) in [4.78, 5) is 30.4. The Morgan fingerprint density at radius 3 is 2.79 bits per heavy atom. The van der Waals surface area contributed by atoms with Crippen molar-refractivity contribution in [2.24, 2.45) is 5.92 Å². The van der Waals surface area contributed by atoms with Crippen LogP contribution >= 0.6 is 11.6 Å². The molecule has 2 aromatic rings. The Hall–Kier alpha value is -2.41. The van der Waals surface area contributed by atoms with Gasteiger partial charge in [0.25, 0.3) is 0 Å². The Bertz CT molecular complexity index is 929. The molecule has 0 bridgehead atoms. The molecule has 1 atom stereocenters. The van der Waals surface area contributed by atoms with E-state index < -0.39 is 5.82 Å². The summed E-state index contributed by atoms with van der Waals surface area (Å²) in [5.41, 5.74) is -0.323. The van der Waals surface area contributed by atoms with Crippen LogP contribution in [-0.2, 0) is 9.59 Å². The van der Waals surface area contributed by atoms with Gasteiger partial charge in [0.05, 0.1) is 11.6 Å². The number of piperidine rings is 1. The highest BCUT2D eigenvalue weighted by atomic mass is 35.5. The van der Waals surface area contributed by atoms with Crippen LogP contribution in [0.1, 0.15) is 33.6 Å². The highest BCUT2D eigenvalue weighted by molar-refractivity contribution is 6.35. The third kappa shape index (κ3) is 5.56. The number of likely N-dealkylation sites (tertiary alicyclic amines) is 1. The van der Waals surface area contributed by atoms with Crippen molar-refractivity contribution < 1.29 is 14.0 Å². The first-order valence-corrected chi connectivity index (χ1v) is 10.1. The lowest BCUT2D eigenvalue weighted by Gasteiger charge is -2.32. The molecule has 1 aromatic heterocycles. The van der Waals surface area contributed by atoms with Crippen LogP contribution in [-0.4, -0.2) is 46.9 Å². The largest absolute Gasteiger partial charge is 0.369 e. The van der Waals surface area contributed by atoms with E-state index in [0.717, 1.165) is 11.8 Å². The quantitative estimate of drug-likeness (QED) is 0.775. The minimum atomic E-state index is -0.421. The monoisotopic (exact) mass is 420 g/mol. The lowest BCUT2D eigenvalue weighted by Crippen LogP contribution is -2.49. The molecule has 2 heterocycles. The molecule has 1 aromatic carbocycles. The fraction of sp³-hybridized carbons (Fsp3) is 0.476. The van der Waals surface area contributed by atoms with Crippen LogP contribution in [0, 0.1) is 11.7 Å². The van der Waals surface area contributed by atoms with Gasteiger partial charge in [0.1, 0.15) is 11.6 Å². The van der Waals surface area contributed by atoms with Crippen molar-refractivity contribution in [1.82, 2.24) is 15.2 Å². The summed E-state index contributed by atoms with van der Waals surface area (Å²) < 4.78 is 13.8. The molecule has 1 saturated heterocycles. The zero-order chi connectivity index (χ0) is 21.2. The van der Waals surface area contributed by atoms with E-state index in [9.17, 15) is 14.0 Å². The van der Waals surface area contributed by atoms with Crippen LogP contribution in [0.25, 0.3) is 10.8 Å². The summed E-state index contributed by atoms with van der Waals surface area (Å²) in [5, 5.41) is 7.78. The second-order valence-corrected chi connectivity index (χ2v) is 8.90. The van der Waals surface area contributed by atoms with Gasteiger partial charge in [-0.2, -0.15) is 0 Å². The molecular weight excluding hydrogens is 395 g/mol. The second kappa shape index (κ2) is 8.53. The number of carbonyl (C=O) groups excluding carboxylic acids is 2. The summed E-state index contributed by atoms with van der Waals surface area (Å²) in [6.07, 6.45) is 2.76. The molecule has 1 aliphatic heterocycles. The predicted molar refractivity (Wildman–Crippen MR) is 112 cm³/mol. The molecule has 2 amide bonds. The van der Waals surface area contributed by atoms with Gasteiger partial charge >= 0.3 is 0 Å². The Kier molecular flexibility index (Phi) is 6.27. The smallest absolute Gasteiger partial charge is 0.240 e. The van der Waals surface area contributed by atoms with Gasteiger partial charge in [0.15, 0.2) is 0 Å². The summed E-state index contributed by atoms with van der Waals surface area (Å²) in [7, 11) is 0. The first-order chi connectivity index (χ1) is 13.6. The summed E-state index contributed by atoms with van der Waals surface area (Å²) >= 11 is 6.12. The number of amides is 2. The predicted octanol–water partition coefficient (Wildman–Crippen LogP) is 3.59. The van der Waals surface area contributed by atoms with Gasteiger partial charge in [-0.05, 0) is 51.3 Å². The average Bonchev–Trinajstić information content (AvgIpc) is 2.60. The minimum absolute atomic E-state index is 0.0351. The topological polar surface area (TPSA) is 74.3 Å². The number of nitrogens with one attached hydrogen (secondary N) is 2. The molecule has 0 radical (unpaired) electrons. The Balaban J connectivity index is 1.58. The van der Waals surface area contributed by atoms with Crippen LogP contribution in [0.3, 0.4) is 0 Å². The number of pyridine rings is 1. The first kappa shape index (κ1) is 21.3. The molecule has 0 saturated carbocycles. The van der Waals surface area contributed by atoms with Crippen molar-refractivity contribution in [2.75, 3.05) is 25.0 Å². The summed E-state index contributed by atoms with van der Waals surface area (Å²) in [6.45, 7) is 6.88. The molecule has 8 heteroatoms. The number of halogens is 2. The van der Waals surface area contributed by atoms with E-state index in [1.54, 1.807) is 17.2 Å². The second-order valence-electron chi connectivity index (χ2n) is 8.50. The third-order valence-electron chi connectivity index (χ3n) is 4.82. The van der Waals surface area contributed by atoms with Gasteiger partial charge in [-0.15, -0.1) is 0 Å². The van der Waals surface area contributed by atoms with Gasteiger partial charge in [-0.1, -0.05) is 11.6 Å². The maximum atomic E-state index is 13.8. The molecule has 3 rings (SSSR count). The van der Waals surface area contributed by atoms with Crippen molar-refractivity contribution in [1.29, 1.82) is 0 Å². The third-order valence-corrected chi connectivity index (χ3v) is 5.14. The Morgan fingerprint density at radius 2 is 2.10 bits per heavy atom. The molecule has 6 nitrogen and oxygen atoms in total. The molecule has 1 unspecified atom stereocenters. The molecular formula is C21H26ClFN4O2. The lowest BCUT2D eigenvalue weighted by atomic mass is 9.96. The number of nitrogens with zero attached hydrogens (tertiary/aromatic N) is 2. The lowest BCUT2D eigenvalue weighted by molar-refractivity contribution is -0.139. The molecule has 29 heavy (non-hydrogen) atoms. The fourth-order valence-electron chi connectivity index (χ4n) is 3.50. The normalized spacial score (nSPS) is 17.5. The average molecular weight is 421 g/mol. The van der Waals surface area contributed by atoms with Crippen molar-refractivity contribution in [3.63, 3.8) is 0 Å². The van der Waals surface area contributed by atoms with Crippen molar-refractivity contribution >= 4 is 40.0 Å². The number of carbonyl (C=O) groups is 2. The minimum Gasteiger partial charge on any atom is -0.369 e. The molecule has 2 N–H and O–H groups in total. The van der Waals surface area contributed by atoms with E-state index in [-0.39, 0.29) is 29.8 Å². The van der Waals surface area contributed by atoms with Gasteiger partial charge in [0, 0.05) is 42.0 Å². The number of anilines is 1. The van der Waals surface area contributed by atoms with Gasteiger partial charge < -0.3 is 15.5 Å². The summed E-state index contributed by atoms with van der Waals surface area (Å²) in [5.74, 6) is 0.0535. The van der Waals surface area contributed by atoms with E-state index in [0.29, 0.717) is 35.7 Å². The van der Waals surface area contributed by atoms with Crippen LogP contribution in [0.4, 0.5) is 10.2 Å². The van der Waals surface area contributed by atoms with Crippen molar-refractivity contribution in [3.8, 4) is 0 Å². The molecule has 0 aliphatic carbocycles. The first-order valence-electron chi connectivity index (χ1n) is 9.69. The number of fused-ring (bicyclic) bond motifs is 1. The fourth-order valence-corrected chi connectivity index (χ4v) is 3.77. The van der Waals surface area contributed by atoms with E-state index >= 15 is 0 Å². The zero-order valence-electron chi connectivity index (χ0n) is 16.9. The summed E-state index contributed by atoms with van der Waals surface area (Å²) in [6, 6.07) is 4.42. The van der Waals surface area contributed by atoms with Crippen LogP contribution in [0.15, 0.2) is 24.4 Å². The number of benzene rings is 1. The van der Waals surface area contributed by atoms with Crippen molar-refractivity contribution in [3.05, 3.63) is 35.2 Å². The Morgan fingerprint density at radius 1 is 1.34 bits per heavy atom. The van der Waals surface area contributed by atoms with Crippen LogP contribution in [0.5, 0.6) is 0 Å². The highest BCUT2D eigenvalue weighted by Crippen LogP contribution is 2.29. The maximum Gasteiger partial charge on any atom is 0.240 e. The Labute approximate surface area is 174 Å². The van der Waals surface area contributed by atoms with Crippen LogP contribution < -0.4 is 10.6 Å². The standard InChI is InChI=1S/C21H26ClFN4O2/c1-21(2,3)26-18(28)12-27-7-5-13(8-19(27)29)11-25-20-16-9-14(23)10-17(22)15(16)4-6-24-20/h4,6,9-10,13H,5,7-8,11-12H2,1-3H3,(H,24,25)(H,26,28). The van der Waals surface area contributed by atoms with E-state index in [4.69, 9.17) is 11.6 Å².